The molecule has 138 valence electrons. The van der Waals surface area contributed by atoms with E-state index in [9.17, 15) is 13.0 Å². The summed E-state index contributed by atoms with van der Waals surface area (Å²) in [7, 11) is -4.21. The molecule has 1 rings (SSSR count). The molecular weight excluding hydrogens is 324 g/mol. The van der Waals surface area contributed by atoms with Crippen LogP contribution < -0.4 is 4.74 Å². The van der Waals surface area contributed by atoms with E-state index in [1.807, 2.05) is 12.1 Å². The molecule has 5 heteroatoms. The van der Waals surface area contributed by atoms with Gasteiger partial charge in [-0.2, -0.15) is 8.42 Å². The molecule has 0 amide bonds. The van der Waals surface area contributed by atoms with Crippen LogP contribution in [0.5, 0.6) is 5.75 Å². The first-order chi connectivity index (χ1) is 11.4. The molecule has 1 atom stereocenters. The van der Waals surface area contributed by atoms with Crippen LogP contribution in [0.25, 0.3) is 0 Å². The van der Waals surface area contributed by atoms with Crippen molar-refractivity contribution in [2.75, 3.05) is 0 Å². The second kappa shape index (κ2) is 10.7. The normalized spacial score (nSPS) is 13.0. The Morgan fingerprint density at radius 3 is 2.17 bits per heavy atom. The largest absolute Gasteiger partial charge is 0.472 e. The number of ether oxygens (including phenoxy) is 1. The van der Waals surface area contributed by atoms with E-state index in [1.165, 1.54) is 18.4 Å². The van der Waals surface area contributed by atoms with Gasteiger partial charge < -0.3 is 4.74 Å². The molecule has 1 aromatic rings. The average molecular weight is 357 g/mol. The van der Waals surface area contributed by atoms with Gasteiger partial charge in [0, 0.05) is 0 Å². The summed E-state index contributed by atoms with van der Waals surface area (Å²) >= 11 is 0. The standard InChI is InChI=1S/C19H32O4S/c1-4-7-9-12-16-13-11-15-18(17(16)14-10-8-5-2)23-19(6-3)24(20,21)22/h11,13,15,19H,4-10,12,14H2,1-3H3,(H,20,21,22). The maximum absolute atomic E-state index is 11.5. The minimum Gasteiger partial charge on any atom is -0.472 e. The SMILES string of the molecule is CCCCCc1cccc(OC(CC)S(=O)(=O)O)c1CCCCC. The van der Waals surface area contributed by atoms with Crippen LogP contribution in [0, 0.1) is 0 Å². The predicted molar refractivity (Wildman–Crippen MR) is 99.2 cm³/mol. The number of unbranched alkanes of at least 4 members (excludes halogenated alkanes) is 4. The van der Waals surface area contributed by atoms with Crippen LogP contribution in [0.15, 0.2) is 18.2 Å². The molecule has 4 nitrogen and oxygen atoms in total. The maximum Gasteiger partial charge on any atom is 0.303 e. The van der Waals surface area contributed by atoms with E-state index in [1.54, 1.807) is 6.92 Å². The maximum atomic E-state index is 11.5. The van der Waals surface area contributed by atoms with E-state index in [-0.39, 0.29) is 6.42 Å². The summed E-state index contributed by atoms with van der Waals surface area (Å²) in [6.45, 7) is 6.04. The summed E-state index contributed by atoms with van der Waals surface area (Å²) in [5.41, 5.74) is 1.14. The molecule has 24 heavy (non-hydrogen) atoms. The van der Waals surface area contributed by atoms with Crippen molar-refractivity contribution in [2.45, 2.75) is 84.0 Å². The van der Waals surface area contributed by atoms with Gasteiger partial charge in [-0.3, -0.25) is 4.55 Å². The highest BCUT2D eigenvalue weighted by molar-refractivity contribution is 7.86. The van der Waals surface area contributed by atoms with Crippen LogP contribution in [0.1, 0.15) is 76.8 Å². The molecule has 0 fully saturated rings. The van der Waals surface area contributed by atoms with Gasteiger partial charge in [-0.05, 0) is 49.3 Å². The molecule has 0 saturated carbocycles. The zero-order chi connectivity index (χ0) is 18.0. The first-order valence-electron chi connectivity index (χ1n) is 9.17. The second-order valence-corrected chi connectivity index (χ2v) is 7.83. The van der Waals surface area contributed by atoms with Gasteiger partial charge in [0.25, 0.3) is 0 Å². The Morgan fingerprint density at radius 2 is 1.62 bits per heavy atom. The highest BCUT2D eigenvalue weighted by atomic mass is 32.2. The zero-order valence-corrected chi connectivity index (χ0v) is 16.1. The Kier molecular flexibility index (Phi) is 9.37. The molecule has 0 aliphatic carbocycles. The summed E-state index contributed by atoms with van der Waals surface area (Å²) in [6, 6.07) is 5.84. The van der Waals surface area contributed by atoms with Crippen molar-refractivity contribution in [2.24, 2.45) is 0 Å². The molecule has 0 aromatic heterocycles. The van der Waals surface area contributed by atoms with Crippen LogP contribution in [0.2, 0.25) is 0 Å². The van der Waals surface area contributed by atoms with Crippen molar-refractivity contribution >= 4 is 10.1 Å². The van der Waals surface area contributed by atoms with Crippen molar-refractivity contribution in [3.8, 4) is 5.75 Å². The van der Waals surface area contributed by atoms with Crippen molar-refractivity contribution in [3.05, 3.63) is 29.3 Å². The van der Waals surface area contributed by atoms with Gasteiger partial charge in [0.05, 0.1) is 0 Å². The van der Waals surface area contributed by atoms with Crippen LogP contribution in [0.4, 0.5) is 0 Å². The fourth-order valence-electron chi connectivity index (χ4n) is 2.85. The van der Waals surface area contributed by atoms with Crippen molar-refractivity contribution in [1.82, 2.24) is 0 Å². The molecule has 1 aromatic carbocycles. The molecule has 0 saturated heterocycles. The number of hydrogen-bond donors (Lipinski definition) is 1. The van der Waals surface area contributed by atoms with E-state index in [2.05, 4.69) is 19.9 Å². The number of hydrogen-bond acceptors (Lipinski definition) is 3. The van der Waals surface area contributed by atoms with E-state index >= 15 is 0 Å². The van der Waals surface area contributed by atoms with E-state index in [4.69, 9.17) is 4.74 Å². The van der Waals surface area contributed by atoms with Gasteiger partial charge in [-0.15, -0.1) is 0 Å². The molecule has 0 aliphatic rings. The van der Waals surface area contributed by atoms with Crippen LogP contribution >= 0.6 is 0 Å². The summed E-state index contributed by atoms with van der Waals surface area (Å²) in [4.78, 5) is 0. The fourth-order valence-corrected chi connectivity index (χ4v) is 3.50. The Bertz CT molecular complexity index is 581. The highest BCUT2D eigenvalue weighted by Crippen LogP contribution is 2.28. The second-order valence-electron chi connectivity index (χ2n) is 6.28. The number of benzene rings is 1. The van der Waals surface area contributed by atoms with Gasteiger partial charge in [-0.1, -0.05) is 58.6 Å². The smallest absolute Gasteiger partial charge is 0.303 e. The van der Waals surface area contributed by atoms with Crippen molar-refractivity contribution < 1.29 is 17.7 Å². The molecule has 0 aliphatic heterocycles. The molecular formula is C19H32O4S. The quantitative estimate of drug-likeness (QED) is 0.415. The Balaban J connectivity index is 3.04. The van der Waals surface area contributed by atoms with E-state index in [0.29, 0.717) is 5.75 Å². The van der Waals surface area contributed by atoms with Crippen molar-refractivity contribution in [1.29, 1.82) is 0 Å². The molecule has 0 spiro atoms. The van der Waals surface area contributed by atoms with Gasteiger partial charge in [-0.25, -0.2) is 0 Å². The first kappa shape index (κ1) is 21.0. The summed E-state index contributed by atoms with van der Waals surface area (Å²) in [5.74, 6) is 0.601. The van der Waals surface area contributed by atoms with Gasteiger partial charge in [0.15, 0.2) is 0 Å². The summed E-state index contributed by atoms with van der Waals surface area (Å²) < 4.78 is 38.0. The Labute approximate surface area is 147 Å². The molecule has 0 bridgehead atoms. The minimum absolute atomic E-state index is 0.216. The minimum atomic E-state index is -4.21. The number of rotatable bonds is 12. The van der Waals surface area contributed by atoms with Crippen molar-refractivity contribution in [3.63, 3.8) is 0 Å². The van der Waals surface area contributed by atoms with Crippen LogP contribution in [-0.4, -0.2) is 18.4 Å². The van der Waals surface area contributed by atoms with Gasteiger partial charge in [0.1, 0.15) is 5.75 Å². The first-order valence-corrected chi connectivity index (χ1v) is 10.7. The lowest BCUT2D eigenvalue weighted by atomic mass is 9.96. The summed E-state index contributed by atoms with van der Waals surface area (Å²) in [5, 5.41) is 0. The molecule has 1 N–H and O–H groups in total. The third-order valence-electron chi connectivity index (χ3n) is 4.23. The zero-order valence-electron chi connectivity index (χ0n) is 15.3. The Hall–Kier alpha value is -1.07. The lowest BCUT2D eigenvalue weighted by molar-refractivity contribution is 0.250. The third kappa shape index (κ3) is 6.81. The molecule has 0 radical (unpaired) electrons. The van der Waals surface area contributed by atoms with E-state index < -0.39 is 15.6 Å². The van der Waals surface area contributed by atoms with E-state index in [0.717, 1.165) is 44.1 Å². The molecule has 1 unspecified atom stereocenters. The number of aryl methyl sites for hydroxylation is 1. The van der Waals surface area contributed by atoms with Gasteiger partial charge in [0.2, 0.25) is 5.44 Å². The van der Waals surface area contributed by atoms with Gasteiger partial charge >= 0.3 is 10.1 Å². The predicted octanol–water partition coefficient (Wildman–Crippen LogP) is 5.15. The monoisotopic (exact) mass is 356 g/mol. The summed E-state index contributed by atoms with van der Waals surface area (Å²) in [6.07, 6.45) is 8.88. The molecule has 0 heterocycles. The third-order valence-corrected chi connectivity index (χ3v) is 5.33. The average Bonchev–Trinajstić information content (AvgIpc) is 2.53. The fraction of sp³-hybridized carbons (Fsp3) is 0.684. The topological polar surface area (TPSA) is 63.6 Å². The lowest BCUT2D eigenvalue weighted by Crippen LogP contribution is -2.26. The van der Waals surface area contributed by atoms with Crippen LogP contribution in [-0.2, 0) is 23.0 Å². The highest BCUT2D eigenvalue weighted by Gasteiger charge is 2.24. The lowest BCUT2D eigenvalue weighted by Gasteiger charge is -2.20. The Morgan fingerprint density at radius 1 is 1.00 bits per heavy atom. The van der Waals surface area contributed by atoms with Crippen LogP contribution in [0.3, 0.4) is 0 Å².